The number of benzene rings is 2. The smallest absolute Gasteiger partial charge is 0.203 e. The zero-order valence-corrected chi connectivity index (χ0v) is 15.3. The Labute approximate surface area is 153 Å². The topological polar surface area (TPSA) is 65.0 Å². The van der Waals surface area contributed by atoms with Gasteiger partial charge in [-0.3, -0.25) is 4.79 Å². The molecule has 0 amide bonds. The van der Waals surface area contributed by atoms with Crippen LogP contribution < -0.4 is 14.2 Å². The Hall–Kier alpha value is -3.21. The Morgan fingerprint density at radius 3 is 1.96 bits per heavy atom. The molecule has 0 aliphatic rings. The summed E-state index contributed by atoms with van der Waals surface area (Å²) in [6.45, 7) is 5.67. The Balaban J connectivity index is 2.53. The SMILES string of the molecule is C=C(C)/C(=C\c1ccc(O)cc1)C(=O)c1cc(OC)c(OC)c(OC)c1. The summed E-state index contributed by atoms with van der Waals surface area (Å²) >= 11 is 0. The van der Waals surface area contributed by atoms with E-state index in [0.717, 1.165) is 5.56 Å². The van der Waals surface area contributed by atoms with Crippen LogP contribution in [0.25, 0.3) is 6.08 Å². The van der Waals surface area contributed by atoms with Crippen LogP contribution in [0.3, 0.4) is 0 Å². The number of hydrogen-bond acceptors (Lipinski definition) is 5. The number of methoxy groups -OCH3 is 3. The third-order valence-corrected chi connectivity index (χ3v) is 3.84. The highest BCUT2D eigenvalue weighted by Gasteiger charge is 2.20. The lowest BCUT2D eigenvalue weighted by Gasteiger charge is -2.14. The largest absolute Gasteiger partial charge is 0.508 e. The number of carbonyl (C=O) groups excluding carboxylic acids is 1. The first kappa shape index (κ1) is 19.1. The Morgan fingerprint density at radius 2 is 1.54 bits per heavy atom. The van der Waals surface area contributed by atoms with E-state index < -0.39 is 0 Å². The van der Waals surface area contributed by atoms with Crippen LogP contribution in [0, 0.1) is 0 Å². The molecular weight excluding hydrogens is 332 g/mol. The zero-order chi connectivity index (χ0) is 19.3. The van der Waals surface area contributed by atoms with E-state index in [1.807, 2.05) is 0 Å². The van der Waals surface area contributed by atoms with E-state index in [2.05, 4.69) is 6.58 Å². The number of aromatic hydroxyl groups is 1. The van der Waals surface area contributed by atoms with Gasteiger partial charge in [0, 0.05) is 11.1 Å². The molecule has 0 aromatic heterocycles. The number of carbonyl (C=O) groups is 1. The molecule has 2 aromatic rings. The highest BCUT2D eigenvalue weighted by molar-refractivity contribution is 6.14. The minimum absolute atomic E-state index is 0.162. The lowest BCUT2D eigenvalue weighted by molar-refractivity contribution is 0.103. The summed E-state index contributed by atoms with van der Waals surface area (Å²) < 4.78 is 15.9. The van der Waals surface area contributed by atoms with Crippen molar-refractivity contribution in [3.63, 3.8) is 0 Å². The van der Waals surface area contributed by atoms with Crippen LogP contribution in [0.2, 0.25) is 0 Å². The fraction of sp³-hybridized carbons (Fsp3) is 0.190. The molecule has 0 unspecified atom stereocenters. The van der Waals surface area contributed by atoms with Crippen molar-refractivity contribution in [2.45, 2.75) is 6.92 Å². The van der Waals surface area contributed by atoms with Crippen LogP contribution in [0.1, 0.15) is 22.8 Å². The number of ketones is 1. The molecule has 0 heterocycles. The minimum Gasteiger partial charge on any atom is -0.508 e. The highest BCUT2D eigenvalue weighted by Crippen LogP contribution is 2.39. The first-order valence-electron chi connectivity index (χ1n) is 7.92. The average molecular weight is 354 g/mol. The molecule has 5 heteroatoms. The van der Waals surface area contributed by atoms with E-state index in [1.54, 1.807) is 49.4 Å². The number of allylic oxidation sites excluding steroid dienone is 2. The predicted octanol–water partition coefficient (Wildman–Crippen LogP) is 4.26. The van der Waals surface area contributed by atoms with Gasteiger partial charge in [-0.15, -0.1) is 0 Å². The summed E-state index contributed by atoms with van der Waals surface area (Å²) in [6, 6.07) is 9.79. The van der Waals surface area contributed by atoms with Crippen LogP contribution in [-0.2, 0) is 0 Å². The lowest BCUT2D eigenvalue weighted by Crippen LogP contribution is -2.06. The van der Waals surface area contributed by atoms with Crippen molar-refractivity contribution in [3.05, 3.63) is 65.3 Å². The summed E-state index contributed by atoms with van der Waals surface area (Å²) in [5.41, 5.74) is 2.25. The average Bonchev–Trinajstić information content (AvgIpc) is 2.65. The second-order valence-corrected chi connectivity index (χ2v) is 5.67. The van der Waals surface area contributed by atoms with Gasteiger partial charge in [-0.05, 0) is 48.4 Å². The quantitative estimate of drug-likeness (QED) is 0.457. The van der Waals surface area contributed by atoms with Gasteiger partial charge in [0.15, 0.2) is 17.3 Å². The Morgan fingerprint density at radius 1 is 1.00 bits per heavy atom. The molecule has 0 saturated heterocycles. The molecular formula is C21H22O5. The van der Waals surface area contributed by atoms with Crippen LogP contribution >= 0.6 is 0 Å². The monoisotopic (exact) mass is 354 g/mol. The molecule has 26 heavy (non-hydrogen) atoms. The first-order chi connectivity index (χ1) is 12.4. The molecule has 2 aromatic carbocycles. The van der Waals surface area contributed by atoms with E-state index in [9.17, 15) is 9.90 Å². The van der Waals surface area contributed by atoms with E-state index in [0.29, 0.717) is 34.0 Å². The van der Waals surface area contributed by atoms with E-state index in [4.69, 9.17) is 14.2 Å². The van der Waals surface area contributed by atoms with Gasteiger partial charge in [0.05, 0.1) is 21.3 Å². The van der Waals surface area contributed by atoms with Crippen molar-refractivity contribution in [2.75, 3.05) is 21.3 Å². The number of phenols is 1. The second-order valence-electron chi connectivity index (χ2n) is 5.67. The molecule has 5 nitrogen and oxygen atoms in total. The number of rotatable bonds is 7. The summed E-state index contributed by atoms with van der Waals surface area (Å²) in [6.07, 6.45) is 1.73. The summed E-state index contributed by atoms with van der Waals surface area (Å²) in [7, 11) is 4.50. The zero-order valence-electron chi connectivity index (χ0n) is 15.3. The molecule has 0 radical (unpaired) electrons. The van der Waals surface area contributed by atoms with Gasteiger partial charge in [-0.25, -0.2) is 0 Å². The minimum atomic E-state index is -0.218. The molecule has 0 saturated carbocycles. The first-order valence-corrected chi connectivity index (χ1v) is 7.92. The van der Waals surface area contributed by atoms with Gasteiger partial charge >= 0.3 is 0 Å². The third-order valence-electron chi connectivity index (χ3n) is 3.84. The normalized spacial score (nSPS) is 11.0. The molecule has 0 aliphatic carbocycles. The van der Waals surface area contributed by atoms with Crippen LogP contribution in [0.15, 0.2) is 54.1 Å². The van der Waals surface area contributed by atoms with Crippen molar-refractivity contribution in [1.29, 1.82) is 0 Å². The Kier molecular flexibility index (Phi) is 6.07. The van der Waals surface area contributed by atoms with Crippen molar-refractivity contribution in [1.82, 2.24) is 0 Å². The maximum Gasteiger partial charge on any atom is 0.203 e. The van der Waals surface area contributed by atoms with Crippen LogP contribution in [0.4, 0.5) is 0 Å². The van der Waals surface area contributed by atoms with Crippen molar-refractivity contribution >= 4 is 11.9 Å². The summed E-state index contributed by atoms with van der Waals surface area (Å²) in [5.74, 6) is 1.17. The van der Waals surface area contributed by atoms with E-state index >= 15 is 0 Å². The van der Waals surface area contributed by atoms with Crippen molar-refractivity contribution in [2.24, 2.45) is 0 Å². The number of Topliss-reactive ketones (excluding diaryl/α,β-unsaturated/α-hetero) is 1. The lowest BCUT2D eigenvalue weighted by atomic mass is 9.95. The van der Waals surface area contributed by atoms with Crippen molar-refractivity contribution < 1.29 is 24.1 Å². The van der Waals surface area contributed by atoms with E-state index in [1.165, 1.54) is 21.3 Å². The number of phenolic OH excluding ortho intramolecular Hbond substituents is 1. The third kappa shape index (κ3) is 4.06. The molecule has 2 rings (SSSR count). The molecule has 0 aliphatic heterocycles. The molecule has 0 spiro atoms. The second kappa shape index (κ2) is 8.25. The Bertz CT molecular complexity index is 822. The van der Waals surface area contributed by atoms with Crippen LogP contribution in [-0.4, -0.2) is 32.2 Å². The molecule has 0 fully saturated rings. The molecule has 0 bridgehead atoms. The summed E-state index contributed by atoms with van der Waals surface area (Å²) in [4.78, 5) is 13.1. The van der Waals surface area contributed by atoms with Gasteiger partial charge in [0.2, 0.25) is 5.75 Å². The molecule has 1 N–H and O–H groups in total. The maximum absolute atomic E-state index is 13.1. The van der Waals surface area contributed by atoms with Gasteiger partial charge in [0.25, 0.3) is 0 Å². The fourth-order valence-electron chi connectivity index (χ4n) is 2.49. The van der Waals surface area contributed by atoms with Gasteiger partial charge in [-0.1, -0.05) is 18.7 Å². The fourth-order valence-corrected chi connectivity index (χ4v) is 2.49. The standard InChI is InChI=1S/C21H22O5/c1-13(2)17(10-14-6-8-16(22)9-7-14)20(23)15-11-18(24-3)21(26-5)19(12-15)25-4/h6-12,22H,1H2,2-5H3/b17-10+. The highest BCUT2D eigenvalue weighted by atomic mass is 16.5. The predicted molar refractivity (Wildman–Crippen MR) is 101 cm³/mol. The number of hydrogen-bond donors (Lipinski definition) is 1. The molecule has 136 valence electrons. The van der Waals surface area contributed by atoms with Gasteiger partial charge in [0.1, 0.15) is 5.75 Å². The number of ether oxygens (including phenoxy) is 3. The van der Waals surface area contributed by atoms with Crippen molar-refractivity contribution in [3.8, 4) is 23.0 Å². The van der Waals surface area contributed by atoms with E-state index in [-0.39, 0.29) is 11.5 Å². The molecule has 0 atom stereocenters. The maximum atomic E-state index is 13.1. The summed E-state index contributed by atoms with van der Waals surface area (Å²) in [5, 5.41) is 9.41. The van der Waals surface area contributed by atoms with Gasteiger partial charge < -0.3 is 19.3 Å². The van der Waals surface area contributed by atoms with Gasteiger partial charge in [-0.2, -0.15) is 0 Å². The van der Waals surface area contributed by atoms with Crippen LogP contribution in [0.5, 0.6) is 23.0 Å².